The minimum absolute atomic E-state index is 0.334. The van der Waals surface area contributed by atoms with Crippen molar-refractivity contribution in [3.8, 4) is 11.5 Å². The number of rotatable bonds is 9. The van der Waals surface area contributed by atoms with Gasteiger partial charge in [-0.3, -0.25) is 0 Å². The first-order valence-corrected chi connectivity index (χ1v) is 13.4. The van der Waals surface area contributed by atoms with E-state index in [1.807, 2.05) is 26.0 Å². The first-order valence-electron chi connectivity index (χ1n) is 13.4. The van der Waals surface area contributed by atoms with Gasteiger partial charge in [0.15, 0.2) is 11.5 Å². The van der Waals surface area contributed by atoms with Gasteiger partial charge < -0.3 is 28.7 Å². The predicted octanol–water partition coefficient (Wildman–Crippen LogP) is 2.92. The molecular weight excluding hydrogens is 514 g/mol. The molecule has 2 saturated heterocycles. The summed E-state index contributed by atoms with van der Waals surface area (Å²) < 4.78 is 22.3. The standard InChI is InChI=1S/C28H33N7O5/c1-3-39-24-18-21(6-9-23(24)40-25(36)22-7-4-20(2)5-8-22)19-29-33-26-30-27(34-10-14-37-15-11-34)32-28(31-26)35-12-16-38-17-13-35/h4-9,18-19H,3,10-17H2,1-2H3,(H,30,31,32,33). The van der Waals surface area contributed by atoms with Gasteiger partial charge in [-0.2, -0.15) is 20.1 Å². The van der Waals surface area contributed by atoms with Gasteiger partial charge in [0.05, 0.1) is 44.8 Å². The fourth-order valence-corrected chi connectivity index (χ4v) is 4.18. The Morgan fingerprint density at radius 2 is 1.55 bits per heavy atom. The third kappa shape index (κ3) is 7.01. The second kappa shape index (κ2) is 13.2. The number of anilines is 3. The van der Waals surface area contributed by atoms with Gasteiger partial charge in [-0.15, -0.1) is 0 Å². The van der Waals surface area contributed by atoms with Crippen LogP contribution in [0.1, 0.15) is 28.4 Å². The van der Waals surface area contributed by atoms with Crippen LogP contribution in [0.5, 0.6) is 11.5 Å². The lowest BCUT2D eigenvalue weighted by Crippen LogP contribution is -2.40. The van der Waals surface area contributed by atoms with Gasteiger partial charge in [0.25, 0.3) is 0 Å². The number of hydrazone groups is 1. The van der Waals surface area contributed by atoms with Gasteiger partial charge in [0.2, 0.25) is 17.8 Å². The van der Waals surface area contributed by atoms with Crippen LogP contribution in [-0.4, -0.2) is 86.3 Å². The maximum Gasteiger partial charge on any atom is 0.343 e. The molecule has 12 nitrogen and oxygen atoms in total. The molecule has 2 aliphatic heterocycles. The Labute approximate surface area is 232 Å². The van der Waals surface area contributed by atoms with Crippen molar-refractivity contribution in [3.05, 3.63) is 59.2 Å². The fourth-order valence-electron chi connectivity index (χ4n) is 4.18. The molecule has 210 valence electrons. The lowest BCUT2D eigenvalue weighted by molar-refractivity contribution is 0.0728. The molecule has 1 N–H and O–H groups in total. The Kier molecular flexibility index (Phi) is 8.99. The monoisotopic (exact) mass is 547 g/mol. The summed E-state index contributed by atoms with van der Waals surface area (Å²) in [5.41, 5.74) is 5.21. The molecule has 3 aromatic rings. The van der Waals surface area contributed by atoms with Crippen molar-refractivity contribution >= 4 is 30.0 Å². The second-order valence-corrected chi connectivity index (χ2v) is 9.22. The van der Waals surface area contributed by atoms with Gasteiger partial charge in [0.1, 0.15) is 0 Å². The smallest absolute Gasteiger partial charge is 0.343 e. The van der Waals surface area contributed by atoms with E-state index in [4.69, 9.17) is 23.9 Å². The van der Waals surface area contributed by atoms with Crippen molar-refractivity contribution in [2.45, 2.75) is 13.8 Å². The predicted molar refractivity (Wildman–Crippen MR) is 151 cm³/mol. The third-order valence-corrected chi connectivity index (χ3v) is 6.34. The number of carbonyl (C=O) groups is 1. The van der Waals surface area contributed by atoms with E-state index in [1.165, 1.54) is 0 Å². The summed E-state index contributed by atoms with van der Waals surface area (Å²) in [6, 6.07) is 12.4. The highest BCUT2D eigenvalue weighted by Crippen LogP contribution is 2.29. The topological polar surface area (TPSA) is 124 Å². The van der Waals surface area contributed by atoms with E-state index < -0.39 is 5.97 Å². The molecule has 0 radical (unpaired) electrons. The molecule has 2 aromatic carbocycles. The molecule has 5 rings (SSSR count). The maximum absolute atomic E-state index is 12.6. The van der Waals surface area contributed by atoms with Crippen LogP contribution in [0, 0.1) is 6.92 Å². The summed E-state index contributed by atoms with van der Waals surface area (Å²) in [7, 11) is 0. The molecule has 3 heterocycles. The molecule has 1 aromatic heterocycles. The number of nitrogens with one attached hydrogen (secondary N) is 1. The zero-order valence-electron chi connectivity index (χ0n) is 22.7. The lowest BCUT2D eigenvalue weighted by atomic mass is 10.1. The first kappa shape index (κ1) is 27.3. The molecule has 0 unspecified atom stereocenters. The van der Waals surface area contributed by atoms with Crippen molar-refractivity contribution in [3.63, 3.8) is 0 Å². The Morgan fingerprint density at radius 1 is 0.925 bits per heavy atom. The van der Waals surface area contributed by atoms with E-state index >= 15 is 0 Å². The Hall–Kier alpha value is -4.29. The SMILES string of the molecule is CCOc1cc(C=NNc2nc(N3CCOCC3)nc(N3CCOCC3)n2)ccc1OC(=O)c1ccc(C)cc1. The van der Waals surface area contributed by atoms with Crippen LogP contribution in [0.4, 0.5) is 17.8 Å². The number of ether oxygens (including phenoxy) is 4. The van der Waals surface area contributed by atoms with E-state index in [0.29, 0.717) is 94.1 Å². The number of aromatic nitrogens is 3. The first-order chi connectivity index (χ1) is 19.6. The lowest BCUT2D eigenvalue weighted by Gasteiger charge is -2.30. The van der Waals surface area contributed by atoms with Gasteiger partial charge in [-0.25, -0.2) is 10.2 Å². The quantitative estimate of drug-likeness (QED) is 0.184. The summed E-state index contributed by atoms with van der Waals surface area (Å²) in [4.78, 5) is 30.7. The normalized spacial score (nSPS) is 15.8. The van der Waals surface area contributed by atoms with Crippen molar-refractivity contribution in [2.75, 3.05) is 74.4 Å². The van der Waals surface area contributed by atoms with Crippen LogP contribution in [0.3, 0.4) is 0 Å². The molecule has 0 saturated carbocycles. The minimum atomic E-state index is -0.453. The molecule has 0 aliphatic carbocycles. The Morgan fingerprint density at radius 3 is 2.15 bits per heavy atom. The molecule has 0 amide bonds. The van der Waals surface area contributed by atoms with Crippen LogP contribution in [0.2, 0.25) is 0 Å². The van der Waals surface area contributed by atoms with E-state index in [0.717, 1.165) is 11.1 Å². The molecule has 40 heavy (non-hydrogen) atoms. The van der Waals surface area contributed by atoms with Crippen molar-refractivity contribution < 1.29 is 23.7 Å². The third-order valence-electron chi connectivity index (χ3n) is 6.34. The number of morpholine rings is 2. The highest BCUT2D eigenvalue weighted by molar-refractivity contribution is 5.91. The minimum Gasteiger partial charge on any atom is -0.490 e. The molecule has 0 spiro atoms. The fraction of sp³-hybridized carbons (Fsp3) is 0.393. The van der Waals surface area contributed by atoms with E-state index in [2.05, 4.69) is 30.3 Å². The van der Waals surface area contributed by atoms with Gasteiger partial charge in [-0.05, 0) is 49.7 Å². The Bertz CT molecular complexity index is 1290. The number of benzene rings is 2. The van der Waals surface area contributed by atoms with Gasteiger partial charge in [0, 0.05) is 26.2 Å². The number of hydrogen-bond donors (Lipinski definition) is 1. The average Bonchev–Trinajstić information content (AvgIpc) is 2.99. The van der Waals surface area contributed by atoms with E-state index in [1.54, 1.807) is 36.5 Å². The highest BCUT2D eigenvalue weighted by atomic mass is 16.6. The van der Waals surface area contributed by atoms with Crippen LogP contribution in [0.15, 0.2) is 47.6 Å². The zero-order chi connectivity index (χ0) is 27.7. The van der Waals surface area contributed by atoms with Crippen LogP contribution < -0.4 is 24.7 Å². The summed E-state index contributed by atoms with van der Waals surface area (Å²) >= 11 is 0. The maximum atomic E-state index is 12.6. The summed E-state index contributed by atoms with van der Waals surface area (Å²) in [6.07, 6.45) is 1.63. The number of hydrogen-bond acceptors (Lipinski definition) is 12. The molecule has 0 bridgehead atoms. The molecule has 0 atom stereocenters. The van der Waals surface area contributed by atoms with Crippen LogP contribution in [-0.2, 0) is 9.47 Å². The highest BCUT2D eigenvalue weighted by Gasteiger charge is 2.20. The average molecular weight is 548 g/mol. The van der Waals surface area contributed by atoms with Crippen LogP contribution >= 0.6 is 0 Å². The molecular formula is C28H33N7O5. The van der Waals surface area contributed by atoms with Gasteiger partial charge >= 0.3 is 5.97 Å². The summed E-state index contributed by atoms with van der Waals surface area (Å²) in [5, 5.41) is 4.35. The van der Waals surface area contributed by atoms with Crippen molar-refractivity contribution in [2.24, 2.45) is 5.10 Å². The second-order valence-electron chi connectivity index (χ2n) is 9.22. The van der Waals surface area contributed by atoms with Gasteiger partial charge in [-0.1, -0.05) is 17.7 Å². The number of esters is 1. The number of carbonyl (C=O) groups excluding carboxylic acids is 1. The van der Waals surface area contributed by atoms with Crippen molar-refractivity contribution in [1.29, 1.82) is 0 Å². The molecule has 12 heteroatoms. The summed E-state index contributed by atoms with van der Waals surface area (Å²) in [6.45, 7) is 9.55. The van der Waals surface area contributed by atoms with E-state index in [9.17, 15) is 4.79 Å². The van der Waals surface area contributed by atoms with E-state index in [-0.39, 0.29) is 0 Å². The molecule has 2 aliphatic rings. The number of nitrogens with zero attached hydrogens (tertiary/aromatic N) is 6. The van der Waals surface area contributed by atoms with Crippen LogP contribution in [0.25, 0.3) is 0 Å². The van der Waals surface area contributed by atoms with Crippen molar-refractivity contribution in [1.82, 2.24) is 15.0 Å². The zero-order valence-corrected chi connectivity index (χ0v) is 22.7. The summed E-state index contributed by atoms with van der Waals surface area (Å²) in [5.74, 6) is 1.82. The largest absolute Gasteiger partial charge is 0.490 e. The Balaban J connectivity index is 1.31. The number of aryl methyl sites for hydroxylation is 1. The molecule has 2 fully saturated rings.